The summed E-state index contributed by atoms with van der Waals surface area (Å²) in [4.78, 5) is 26.7. The summed E-state index contributed by atoms with van der Waals surface area (Å²) in [6.45, 7) is 0.667. The first kappa shape index (κ1) is 19.1. The molecule has 0 spiro atoms. The van der Waals surface area contributed by atoms with Gasteiger partial charge in [0, 0.05) is 0 Å². The highest BCUT2D eigenvalue weighted by Crippen LogP contribution is 2.17. The van der Waals surface area contributed by atoms with Crippen LogP contribution in [0.25, 0.3) is 0 Å². The van der Waals surface area contributed by atoms with E-state index in [0.717, 1.165) is 12.1 Å². The zero-order valence-corrected chi connectivity index (χ0v) is 15.1. The first-order valence-electron chi connectivity index (χ1n) is 7.97. The maximum Gasteiger partial charge on any atom is 0.261 e. The molecular weight excluding hydrogens is 341 g/mol. The fourth-order valence-corrected chi connectivity index (χ4v) is 2.95. The number of benzene rings is 1. The Bertz CT molecular complexity index is 687. The van der Waals surface area contributed by atoms with Crippen molar-refractivity contribution < 1.29 is 14.0 Å². The molecule has 0 bridgehead atoms. The van der Waals surface area contributed by atoms with Gasteiger partial charge in [-0.1, -0.05) is 18.2 Å². The highest BCUT2D eigenvalue weighted by molar-refractivity contribution is 7.12. The molecule has 5 nitrogen and oxygen atoms in total. The fraction of sp³-hybridized carbons (Fsp3) is 0.333. The quantitative estimate of drug-likeness (QED) is 0.757. The first-order valence-corrected chi connectivity index (χ1v) is 8.85. The lowest BCUT2D eigenvalue weighted by Crippen LogP contribution is -2.39. The zero-order valence-electron chi connectivity index (χ0n) is 14.3. The van der Waals surface area contributed by atoms with Gasteiger partial charge in [-0.05, 0) is 56.2 Å². The Balaban J connectivity index is 1.94. The van der Waals surface area contributed by atoms with Gasteiger partial charge in [-0.25, -0.2) is 4.39 Å². The van der Waals surface area contributed by atoms with Gasteiger partial charge >= 0.3 is 0 Å². The average Bonchev–Trinajstić information content (AvgIpc) is 3.12. The Morgan fingerprint density at radius 3 is 2.52 bits per heavy atom. The van der Waals surface area contributed by atoms with Crippen molar-refractivity contribution in [2.24, 2.45) is 0 Å². The Morgan fingerprint density at radius 1 is 1.20 bits per heavy atom. The topological polar surface area (TPSA) is 61.4 Å². The van der Waals surface area contributed by atoms with Crippen LogP contribution in [-0.2, 0) is 4.79 Å². The van der Waals surface area contributed by atoms with Gasteiger partial charge in [0.25, 0.3) is 5.91 Å². The summed E-state index contributed by atoms with van der Waals surface area (Å²) >= 11 is 1.32. The van der Waals surface area contributed by atoms with E-state index in [1.165, 1.54) is 23.5 Å². The van der Waals surface area contributed by atoms with E-state index in [-0.39, 0.29) is 30.2 Å². The second-order valence-electron chi connectivity index (χ2n) is 5.92. The molecule has 2 N–H and O–H groups in total. The normalized spacial score (nSPS) is 12.0. The minimum atomic E-state index is -0.315. The van der Waals surface area contributed by atoms with Crippen LogP contribution in [0.2, 0.25) is 0 Å². The van der Waals surface area contributed by atoms with Gasteiger partial charge in [-0.3, -0.25) is 9.59 Å². The van der Waals surface area contributed by atoms with Crippen LogP contribution in [0.3, 0.4) is 0 Å². The number of hydrogen-bond donors (Lipinski definition) is 2. The Kier molecular flexibility index (Phi) is 7.09. The van der Waals surface area contributed by atoms with Gasteiger partial charge in [0.05, 0.1) is 17.5 Å². The molecule has 1 unspecified atom stereocenters. The number of carbonyl (C=O) groups is 2. The molecule has 1 aromatic carbocycles. The second kappa shape index (κ2) is 9.29. The van der Waals surface area contributed by atoms with Crippen molar-refractivity contribution in [3.05, 3.63) is 58.0 Å². The molecule has 0 radical (unpaired) electrons. The van der Waals surface area contributed by atoms with Gasteiger partial charge in [0.15, 0.2) is 0 Å². The van der Waals surface area contributed by atoms with E-state index in [0.29, 0.717) is 11.3 Å². The molecule has 0 saturated heterocycles. The van der Waals surface area contributed by atoms with Crippen LogP contribution >= 0.6 is 11.3 Å². The van der Waals surface area contributed by atoms with Crippen molar-refractivity contribution in [3.63, 3.8) is 0 Å². The Morgan fingerprint density at radius 2 is 1.92 bits per heavy atom. The lowest BCUT2D eigenvalue weighted by Gasteiger charge is -2.21. The molecule has 0 aliphatic heterocycles. The minimum Gasteiger partial charge on any atom is -0.348 e. The summed E-state index contributed by atoms with van der Waals surface area (Å²) in [5.41, 5.74) is 0.834. The molecule has 2 amide bonds. The monoisotopic (exact) mass is 363 g/mol. The van der Waals surface area contributed by atoms with Crippen LogP contribution in [0.5, 0.6) is 0 Å². The van der Waals surface area contributed by atoms with Crippen molar-refractivity contribution in [1.29, 1.82) is 0 Å². The molecule has 2 aromatic rings. The van der Waals surface area contributed by atoms with Crippen LogP contribution in [0.15, 0.2) is 41.8 Å². The summed E-state index contributed by atoms with van der Waals surface area (Å²) in [5.74, 6) is -0.862. The van der Waals surface area contributed by atoms with Gasteiger partial charge in [-0.2, -0.15) is 0 Å². The zero-order chi connectivity index (χ0) is 18.2. The van der Waals surface area contributed by atoms with Gasteiger partial charge < -0.3 is 15.5 Å². The standard InChI is InChI=1S/C18H22FN3O2S/c1-22(2)10-9-15(13-5-7-14(19)8-6-13)21-17(23)12-20-18(24)16-4-3-11-25-16/h3-8,11,15H,9-10,12H2,1-2H3,(H,20,24)(H,21,23). The van der Waals surface area contributed by atoms with Crippen LogP contribution in [0.4, 0.5) is 4.39 Å². The van der Waals surface area contributed by atoms with Crippen LogP contribution in [0, 0.1) is 5.82 Å². The smallest absolute Gasteiger partial charge is 0.261 e. The van der Waals surface area contributed by atoms with Gasteiger partial charge in [0.1, 0.15) is 5.82 Å². The lowest BCUT2D eigenvalue weighted by molar-refractivity contribution is -0.120. The molecule has 0 aliphatic rings. The molecular formula is C18H22FN3O2S. The second-order valence-corrected chi connectivity index (χ2v) is 6.87. The van der Waals surface area contributed by atoms with E-state index in [1.807, 2.05) is 19.0 Å². The predicted octanol–water partition coefficient (Wildman–Crippen LogP) is 2.43. The number of nitrogens with zero attached hydrogens (tertiary/aromatic N) is 1. The van der Waals surface area contributed by atoms with E-state index >= 15 is 0 Å². The van der Waals surface area contributed by atoms with E-state index in [4.69, 9.17) is 0 Å². The van der Waals surface area contributed by atoms with Crippen LogP contribution in [-0.4, -0.2) is 43.9 Å². The lowest BCUT2D eigenvalue weighted by atomic mass is 10.0. The number of nitrogens with one attached hydrogen (secondary N) is 2. The number of hydrogen-bond acceptors (Lipinski definition) is 4. The van der Waals surface area contributed by atoms with Crippen molar-refractivity contribution in [2.45, 2.75) is 12.5 Å². The third-order valence-corrected chi connectivity index (χ3v) is 4.50. The SMILES string of the molecule is CN(C)CCC(NC(=O)CNC(=O)c1cccs1)c1ccc(F)cc1. The molecule has 134 valence electrons. The van der Waals surface area contributed by atoms with Gasteiger partial charge in [-0.15, -0.1) is 11.3 Å². The summed E-state index contributed by atoms with van der Waals surface area (Å²) < 4.78 is 13.1. The van der Waals surface area contributed by atoms with Crippen molar-refractivity contribution in [1.82, 2.24) is 15.5 Å². The summed E-state index contributed by atoms with van der Waals surface area (Å²) in [7, 11) is 3.90. The Labute approximate surface area is 150 Å². The molecule has 25 heavy (non-hydrogen) atoms. The van der Waals surface area contributed by atoms with Crippen LogP contribution in [0.1, 0.15) is 27.7 Å². The maximum absolute atomic E-state index is 13.1. The maximum atomic E-state index is 13.1. The Hall–Kier alpha value is -2.25. The van der Waals surface area contributed by atoms with E-state index in [9.17, 15) is 14.0 Å². The highest BCUT2D eigenvalue weighted by atomic mass is 32.1. The number of halogens is 1. The molecule has 0 aliphatic carbocycles. The minimum absolute atomic E-state index is 0.101. The summed E-state index contributed by atoms with van der Waals surface area (Å²) in [5, 5.41) is 7.32. The largest absolute Gasteiger partial charge is 0.348 e. The molecule has 1 atom stereocenters. The predicted molar refractivity (Wildman–Crippen MR) is 97.1 cm³/mol. The first-order chi connectivity index (χ1) is 12.0. The fourth-order valence-electron chi connectivity index (χ4n) is 2.31. The molecule has 2 rings (SSSR count). The van der Waals surface area contributed by atoms with Crippen molar-refractivity contribution >= 4 is 23.2 Å². The molecule has 0 saturated carbocycles. The third-order valence-electron chi connectivity index (χ3n) is 3.63. The summed E-state index contributed by atoms with van der Waals surface area (Å²) in [6.07, 6.45) is 0.684. The van der Waals surface area contributed by atoms with Crippen LogP contribution < -0.4 is 10.6 Å². The number of thiophene rings is 1. The molecule has 1 heterocycles. The number of amides is 2. The average molecular weight is 363 g/mol. The molecule has 7 heteroatoms. The number of carbonyl (C=O) groups excluding carboxylic acids is 2. The van der Waals surface area contributed by atoms with E-state index in [2.05, 4.69) is 10.6 Å². The number of rotatable bonds is 8. The van der Waals surface area contributed by atoms with E-state index < -0.39 is 0 Å². The van der Waals surface area contributed by atoms with Crippen molar-refractivity contribution in [2.75, 3.05) is 27.2 Å². The third kappa shape index (κ3) is 6.28. The van der Waals surface area contributed by atoms with Crippen molar-refractivity contribution in [3.8, 4) is 0 Å². The molecule has 1 aromatic heterocycles. The van der Waals surface area contributed by atoms with E-state index in [1.54, 1.807) is 29.6 Å². The highest BCUT2D eigenvalue weighted by Gasteiger charge is 2.16. The van der Waals surface area contributed by atoms with Gasteiger partial charge in [0.2, 0.25) is 5.91 Å². The molecule has 0 fully saturated rings. The summed E-state index contributed by atoms with van der Waals surface area (Å²) in [6, 6.07) is 9.34.